The molecule has 0 aromatic heterocycles. The van der Waals surface area contributed by atoms with Gasteiger partial charge in [-0.1, -0.05) is 0 Å². The number of carbonyl (C=O) groups excluding carboxylic acids is 4. The highest BCUT2D eigenvalue weighted by molar-refractivity contribution is 6.00. The molecule has 0 aliphatic rings. The van der Waals surface area contributed by atoms with E-state index in [1.165, 1.54) is 43.0 Å². The van der Waals surface area contributed by atoms with Crippen LogP contribution in [0.4, 0.5) is 5.69 Å². The van der Waals surface area contributed by atoms with E-state index in [0.29, 0.717) is 11.3 Å². The van der Waals surface area contributed by atoms with Crippen molar-refractivity contribution in [2.24, 2.45) is 0 Å². The zero-order chi connectivity index (χ0) is 19.0. The molecule has 0 N–H and O–H groups in total. The Morgan fingerprint density at radius 3 is 1.96 bits per heavy atom. The van der Waals surface area contributed by atoms with Crippen LogP contribution in [0.5, 0.6) is 0 Å². The molecule has 0 heterocycles. The highest BCUT2D eigenvalue weighted by Gasteiger charge is 2.31. The van der Waals surface area contributed by atoms with Crippen molar-refractivity contribution in [3.05, 3.63) is 29.8 Å². The van der Waals surface area contributed by atoms with Gasteiger partial charge in [0, 0.05) is 19.0 Å². The van der Waals surface area contributed by atoms with E-state index in [0.717, 1.165) is 0 Å². The molecule has 1 unspecified atom stereocenters. The average Bonchev–Trinajstić information content (AvgIpc) is 2.54. The van der Waals surface area contributed by atoms with Crippen molar-refractivity contribution < 1.29 is 28.7 Å². The first-order valence-electron chi connectivity index (χ1n) is 8.04. The lowest BCUT2D eigenvalue weighted by atomic mass is 10.1. The largest absolute Gasteiger partial charge is 0.464 e. The van der Waals surface area contributed by atoms with Crippen molar-refractivity contribution in [1.82, 2.24) is 0 Å². The predicted octanol–water partition coefficient (Wildman–Crippen LogP) is 2.13. The Morgan fingerprint density at radius 2 is 1.52 bits per heavy atom. The van der Waals surface area contributed by atoms with Crippen LogP contribution in [-0.2, 0) is 23.9 Å². The van der Waals surface area contributed by atoms with E-state index in [-0.39, 0.29) is 25.4 Å². The molecule has 1 rings (SSSR count). The van der Waals surface area contributed by atoms with Gasteiger partial charge in [-0.25, -0.2) is 9.59 Å². The fraction of sp³-hybridized carbons (Fsp3) is 0.444. The van der Waals surface area contributed by atoms with Gasteiger partial charge in [0.25, 0.3) is 0 Å². The van der Waals surface area contributed by atoms with E-state index in [1.807, 2.05) is 0 Å². The van der Waals surface area contributed by atoms with E-state index in [2.05, 4.69) is 0 Å². The number of nitrogens with zero attached hydrogens (tertiary/aromatic N) is 1. The van der Waals surface area contributed by atoms with E-state index in [1.54, 1.807) is 13.8 Å². The Labute approximate surface area is 146 Å². The first-order chi connectivity index (χ1) is 11.8. The second-order valence-electron chi connectivity index (χ2n) is 5.33. The van der Waals surface area contributed by atoms with E-state index in [9.17, 15) is 19.2 Å². The SMILES string of the molecule is CCOC(=O)c1ccc(N(C(C)=O)C(CC(C)=O)C(=O)OCC)cc1. The van der Waals surface area contributed by atoms with Gasteiger partial charge in [0.1, 0.15) is 11.8 Å². The topological polar surface area (TPSA) is 90.0 Å². The summed E-state index contributed by atoms with van der Waals surface area (Å²) in [4.78, 5) is 48.8. The summed E-state index contributed by atoms with van der Waals surface area (Å²) in [5.41, 5.74) is 0.716. The van der Waals surface area contributed by atoms with Gasteiger partial charge in [-0.15, -0.1) is 0 Å². The molecule has 1 atom stereocenters. The lowest BCUT2D eigenvalue weighted by Crippen LogP contribution is -2.46. The van der Waals surface area contributed by atoms with Crippen LogP contribution in [0, 0.1) is 0 Å². The highest BCUT2D eigenvalue weighted by atomic mass is 16.5. The number of rotatable bonds is 8. The average molecular weight is 349 g/mol. The minimum atomic E-state index is -1.05. The lowest BCUT2D eigenvalue weighted by molar-refractivity contribution is -0.147. The highest BCUT2D eigenvalue weighted by Crippen LogP contribution is 2.21. The Morgan fingerprint density at radius 1 is 0.960 bits per heavy atom. The standard InChI is InChI=1S/C18H23NO6/c1-5-24-17(22)14-7-9-15(10-8-14)19(13(4)21)16(11-12(3)20)18(23)25-6-2/h7-10,16H,5-6,11H2,1-4H3. The Hall–Kier alpha value is -2.70. The van der Waals surface area contributed by atoms with Crippen LogP contribution >= 0.6 is 0 Å². The zero-order valence-electron chi connectivity index (χ0n) is 14.9. The molecule has 25 heavy (non-hydrogen) atoms. The van der Waals surface area contributed by atoms with Crippen molar-refractivity contribution in [1.29, 1.82) is 0 Å². The maximum absolute atomic E-state index is 12.2. The van der Waals surface area contributed by atoms with Crippen LogP contribution in [0.1, 0.15) is 44.5 Å². The summed E-state index contributed by atoms with van der Waals surface area (Å²) in [5, 5.41) is 0. The second-order valence-corrected chi connectivity index (χ2v) is 5.33. The quantitative estimate of drug-likeness (QED) is 0.668. The third-order valence-electron chi connectivity index (χ3n) is 3.35. The van der Waals surface area contributed by atoms with Gasteiger partial charge >= 0.3 is 11.9 Å². The number of benzene rings is 1. The van der Waals surface area contributed by atoms with Gasteiger partial charge in [0.2, 0.25) is 5.91 Å². The number of anilines is 1. The van der Waals surface area contributed by atoms with Gasteiger partial charge in [-0.3, -0.25) is 14.5 Å². The molecule has 0 bridgehead atoms. The maximum Gasteiger partial charge on any atom is 0.338 e. The molecule has 1 aromatic carbocycles. The Balaban J connectivity index is 3.18. The van der Waals surface area contributed by atoms with E-state index >= 15 is 0 Å². The molecule has 0 radical (unpaired) electrons. The first-order valence-corrected chi connectivity index (χ1v) is 8.04. The third-order valence-corrected chi connectivity index (χ3v) is 3.35. The molecule has 0 fully saturated rings. The molecule has 7 nitrogen and oxygen atoms in total. The van der Waals surface area contributed by atoms with Crippen LogP contribution in [0.3, 0.4) is 0 Å². The first kappa shape index (κ1) is 20.3. The number of Topliss-reactive ketones (excluding diaryl/α,β-unsaturated/α-hetero) is 1. The molecule has 1 aromatic rings. The summed E-state index contributed by atoms with van der Waals surface area (Å²) in [6.45, 7) is 6.38. The van der Waals surface area contributed by atoms with Gasteiger partial charge < -0.3 is 9.47 Å². The Bertz CT molecular complexity index is 637. The molecule has 0 spiro atoms. The van der Waals surface area contributed by atoms with E-state index in [4.69, 9.17) is 9.47 Å². The molecule has 136 valence electrons. The smallest absolute Gasteiger partial charge is 0.338 e. The molecule has 0 saturated carbocycles. The van der Waals surface area contributed by atoms with Crippen molar-refractivity contribution >= 4 is 29.3 Å². The molecule has 0 aliphatic carbocycles. The molecule has 0 saturated heterocycles. The summed E-state index contributed by atoms with van der Waals surface area (Å²) < 4.78 is 9.90. The zero-order valence-corrected chi connectivity index (χ0v) is 14.9. The van der Waals surface area contributed by atoms with Crippen LogP contribution in [0.2, 0.25) is 0 Å². The summed E-state index contributed by atoms with van der Waals surface area (Å²) in [5.74, 6) is -1.79. The fourth-order valence-electron chi connectivity index (χ4n) is 2.34. The third kappa shape index (κ3) is 5.70. The summed E-state index contributed by atoms with van der Waals surface area (Å²) in [7, 11) is 0. The van der Waals surface area contributed by atoms with Crippen LogP contribution in [-0.4, -0.2) is 42.9 Å². The number of hydrogen-bond acceptors (Lipinski definition) is 6. The summed E-state index contributed by atoms with van der Waals surface area (Å²) in [6.07, 6.45) is -0.155. The van der Waals surface area contributed by atoms with Crippen LogP contribution in [0.15, 0.2) is 24.3 Å². The van der Waals surface area contributed by atoms with Crippen molar-refractivity contribution in [2.75, 3.05) is 18.1 Å². The fourth-order valence-corrected chi connectivity index (χ4v) is 2.34. The molecular weight excluding hydrogens is 326 g/mol. The number of ketones is 1. The molecule has 7 heteroatoms. The van der Waals surface area contributed by atoms with Crippen molar-refractivity contribution in [3.63, 3.8) is 0 Å². The monoisotopic (exact) mass is 349 g/mol. The summed E-state index contributed by atoms with van der Waals surface area (Å²) >= 11 is 0. The normalized spacial score (nSPS) is 11.4. The predicted molar refractivity (Wildman–Crippen MR) is 91.3 cm³/mol. The number of esters is 2. The van der Waals surface area contributed by atoms with Gasteiger partial charge in [0.05, 0.1) is 18.8 Å². The van der Waals surface area contributed by atoms with Crippen LogP contribution in [0.25, 0.3) is 0 Å². The van der Waals surface area contributed by atoms with Crippen molar-refractivity contribution in [2.45, 2.75) is 40.2 Å². The van der Waals surface area contributed by atoms with Gasteiger partial charge in [0.15, 0.2) is 0 Å². The van der Waals surface area contributed by atoms with Crippen molar-refractivity contribution in [3.8, 4) is 0 Å². The Kier molecular flexibility index (Phi) is 7.78. The number of amides is 1. The minimum absolute atomic E-state index is 0.140. The minimum Gasteiger partial charge on any atom is -0.464 e. The number of hydrogen-bond donors (Lipinski definition) is 0. The second kappa shape index (κ2) is 9.56. The summed E-state index contributed by atoms with van der Waals surface area (Å²) in [6, 6.07) is 5.00. The van der Waals surface area contributed by atoms with Crippen LogP contribution < -0.4 is 4.90 Å². The van der Waals surface area contributed by atoms with Gasteiger partial charge in [-0.2, -0.15) is 0 Å². The number of ether oxygens (including phenoxy) is 2. The number of carbonyl (C=O) groups is 4. The molecule has 1 amide bonds. The van der Waals surface area contributed by atoms with E-state index < -0.39 is 23.9 Å². The molecule has 0 aliphatic heterocycles. The lowest BCUT2D eigenvalue weighted by Gasteiger charge is -2.29. The van der Waals surface area contributed by atoms with Gasteiger partial charge in [-0.05, 0) is 45.0 Å². The molecular formula is C18H23NO6. The maximum atomic E-state index is 12.2.